The van der Waals surface area contributed by atoms with Crippen molar-refractivity contribution in [2.24, 2.45) is 0 Å². The molecule has 0 radical (unpaired) electrons. The third-order valence-corrected chi connectivity index (χ3v) is 3.48. The van der Waals surface area contributed by atoms with Crippen LogP contribution in [0.4, 0.5) is 4.39 Å². The number of nitrogens with zero attached hydrogens (tertiary/aromatic N) is 1. The van der Waals surface area contributed by atoms with Crippen molar-refractivity contribution in [2.45, 2.75) is 19.9 Å². The van der Waals surface area contributed by atoms with Crippen LogP contribution in [0.1, 0.15) is 18.9 Å². The topological polar surface area (TPSA) is 29.5 Å². The molecule has 18 heavy (non-hydrogen) atoms. The maximum Gasteiger partial charge on any atom is 0.306 e. The normalized spacial score (nSPS) is 10.7. The Labute approximate surface area is 115 Å². The summed E-state index contributed by atoms with van der Waals surface area (Å²) in [5, 5.41) is 0. The van der Waals surface area contributed by atoms with Gasteiger partial charge in [-0.2, -0.15) is 0 Å². The highest BCUT2D eigenvalue weighted by Gasteiger charge is 2.10. The quantitative estimate of drug-likeness (QED) is 0.755. The van der Waals surface area contributed by atoms with E-state index in [2.05, 4.69) is 25.6 Å². The van der Waals surface area contributed by atoms with Crippen LogP contribution in [0.3, 0.4) is 0 Å². The first kappa shape index (κ1) is 15.1. The fourth-order valence-electron chi connectivity index (χ4n) is 1.61. The van der Waals surface area contributed by atoms with Gasteiger partial charge >= 0.3 is 5.97 Å². The molecule has 0 aliphatic rings. The summed E-state index contributed by atoms with van der Waals surface area (Å²) in [6.07, 6.45) is 0.345. The summed E-state index contributed by atoms with van der Waals surface area (Å²) in [6.45, 7) is 4.00. The fraction of sp³-hybridized carbons (Fsp3) is 0.462. The van der Waals surface area contributed by atoms with Crippen LogP contribution in [0.15, 0.2) is 22.7 Å². The Kier molecular flexibility index (Phi) is 6.29. The lowest BCUT2D eigenvalue weighted by molar-refractivity contribution is -0.141. The van der Waals surface area contributed by atoms with Crippen molar-refractivity contribution in [3.05, 3.63) is 34.1 Å². The third kappa shape index (κ3) is 4.74. The van der Waals surface area contributed by atoms with Crippen molar-refractivity contribution in [3.8, 4) is 0 Å². The Morgan fingerprint density at radius 1 is 1.50 bits per heavy atom. The van der Waals surface area contributed by atoms with Crippen LogP contribution in [0, 0.1) is 5.82 Å². The van der Waals surface area contributed by atoms with E-state index in [4.69, 9.17) is 0 Å². The molecule has 0 bridgehead atoms. The fourth-order valence-corrected chi connectivity index (χ4v) is 1.98. The van der Waals surface area contributed by atoms with Crippen LogP contribution in [0.5, 0.6) is 0 Å². The van der Waals surface area contributed by atoms with Crippen LogP contribution >= 0.6 is 15.9 Å². The van der Waals surface area contributed by atoms with Gasteiger partial charge in [-0.3, -0.25) is 9.69 Å². The maximum absolute atomic E-state index is 13.2. The SMILES string of the molecule is CCN(CCC(=O)OC)Cc1cc(F)ccc1Br. The molecule has 5 heteroatoms. The summed E-state index contributed by atoms with van der Waals surface area (Å²) in [6, 6.07) is 4.61. The number of carbonyl (C=O) groups is 1. The molecule has 0 N–H and O–H groups in total. The lowest BCUT2D eigenvalue weighted by Gasteiger charge is -2.20. The molecular weight excluding hydrogens is 301 g/mol. The van der Waals surface area contributed by atoms with E-state index in [1.165, 1.54) is 19.2 Å². The second kappa shape index (κ2) is 7.48. The van der Waals surface area contributed by atoms with Crippen molar-refractivity contribution in [1.29, 1.82) is 0 Å². The summed E-state index contributed by atoms with van der Waals surface area (Å²) in [4.78, 5) is 13.2. The van der Waals surface area contributed by atoms with Gasteiger partial charge in [0.15, 0.2) is 0 Å². The molecular formula is C13H17BrFNO2. The molecule has 3 nitrogen and oxygen atoms in total. The van der Waals surface area contributed by atoms with Gasteiger partial charge in [0, 0.05) is 17.6 Å². The first-order chi connectivity index (χ1) is 8.56. The van der Waals surface area contributed by atoms with E-state index in [-0.39, 0.29) is 11.8 Å². The van der Waals surface area contributed by atoms with Crippen LogP contribution in [-0.2, 0) is 16.1 Å². The van der Waals surface area contributed by atoms with Gasteiger partial charge in [0.05, 0.1) is 13.5 Å². The number of carbonyl (C=O) groups excluding carboxylic acids is 1. The van der Waals surface area contributed by atoms with Crippen LogP contribution in [-0.4, -0.2) is 31.1 Å². The minimum Gasteiger partial charge on any atom is -0.469 e. The minimum atomic E-state index is -0.253. The van der Waals surface area contributed by atoms with Gasteiger partial charge in [-0.05, 0) is 30.3 Å². The zero-order valence-corrected chi connectivity index (χ0v) is 12.2. The monoisotopic (exact) mass is 317 g/mol. The predicted octanol–water partition coefficient (Wildman–Crippen LogP) is 2.97. The van der Waals surface area contributed by atoms with Crippen molar-refractivity contribution >= 4 is 21.9 Å². The van der Waals surface area contributed by atoms with E-state index in [0.717, 1.165) is 16.6 Å². The van der Waals surface area contributed by atoms with Crippen molar-refractivity contribution in [3.63, 3.8) is 0 Å². The highest BCUT2D eigenvalue weighted by Crippen LogP contribution is 2.19. The molecule has 1 aromatic carbocycles. The zero-order chi connectivity index (χ0) is 13.5. The van der Waals surface area contributed by atoms with E-state index in [1.807, 2.05) is 6.92 Å². The van der Waals surface area contributed by atoms with Crippen LogP contribution < -0.4 is 0 Å². The lowest BCUT2D eigenvalue weighted by Crippen LogP contribution is -2.26. The summed E-state index contributed by atoms with van der Waals surface area (Å²) in [7, 11) is 1.38. The number of benzene rings is 1. The molecule has 0 heterocycles. The number of ether oxygens (including phenoxy) is 1. The van der Waals surface area contributed by atoms with Gasteiger partial charge < -0.3 is 4.74 Å². The summed E-state index contributed by atoms with van der Waals surface area (Å²) in [5.74, 6) is -0.482. The molecule has 0 saturated carbocycles. The summed E-state index contributed by atoms with van der Waals surface area (Å²) < 4.78 is 18.6. The largest absolute Gasteiger partial charge is 0.469 e. The summed E-state index contributed by atoms with van der Waals surface area (Å²) >= 11 is 3.40. The Morgan fingerprint density at radius 2 is 2.22 bits per heavy atom. The molecule has 0 saturated heterocycles. The molecule has 0 atom stereocenters. The van der Waals surface area contributed by atoms with Gasteiger partial charge in [-0.1, -0.05) is 22.9 Å². The Balaban J connectivity index is 2.62. The average Bonchev–Trinajstić information content (AvgIpc) is 2.37. The van der Waals surface area contributed by atoms with E-state index < -0.39 is 0 Å². The number of hydrogen-bond acceptors (Lipinski definition) is 3. The van der Waals surface area contributed by atoms with Crippen molar-refractivity contribution in [2.75, 3.05) is 20.2 Å². The van der Waals surface area contributed by atoms with E-state index in [0.29, 0.717) is 19.5 Å². The second-order valence-electron chi connectivity index (χ2n) is 3.93. The Hall–Kier alpha value is -0.940. The van der Waals surface area contributed by atoms with Gasteiger partial charge in [-0.25, -0.2) is 4.39 Å². The molecule has 0 aliphatic carbocycles. The smallest absolute Gasteiger partial charge is 0.306 e. The summed E-state index contributed by atoms with van der Waals surface area (Å²) in [5.41, 5.74) is 0.877. The number of halogens is 2. The van der Waals surface area contributed by atoms with E-state index >= 15 is 0 Å². The molecule has 0 spiro atoms. The Morgan fingerprint density at radius 3 is 2.83 bits per heavy atom. The van der Waals surface area contributed by atoms with Gasteiger partial charge in [0.2, 0.25) is 0 Å². The number of methoxy groups -OCH3 is 1. The highest BCUT2D eigenvalue weighted by atomic mass is 79.9. The average molecular weight is 318 g/mol. The zero-order valence-electron chi connectivity index (χ0n) is 10.6. The predicted molar refractivity (Wildman–Crippen MR) is 71.7 cm³/mol. The lowest BCUT2D eigenvalue weighted by atomic mass is 10.2. The van der Waals surface area contributed by atoms with E-state index in [1.54, 1.807) is 6.07 Å². The van der Waals surface area contributed by atoms with Crippen molar-refractivity contribution in [1.82, 2.24) is 4.90 Å². The maximum atomic E-state index is 13.2. The van der Waals surface area contributed by atoms with Crippen LogP contribution in [0.2, 0.25) is 0 Å². The van der Waals surface area contributed by atoms with Crippen LogP contribution in [0.25, 0.3) is 0 Å². The Bertz CT molecular complexity index is 412. The first-order valence-corrected chi connectivity index (χ1v) is 6.59. The van der Waals surface area contributed by atoms with Gasteiger partial charge in [0.1, 0.15) is 5.82 Å². The number of esters is 1. The molecule has 0 fully saturated rings. The third-order valence-electron chi connectivity index (χ3n) is 2.71. The molecule has 0 aliphatic heterocycles. The molecule has 100 valence electrons. The number of rotatable bonds is 6. The molecule has 0 aromatic heterocycles. The van der Waals surface area contributed by atoms with Gasteiger partial charge in [0.25, 0.3) is 0 Å². The second-order valence-corrected chi connectivity index (χ2v) is 4.78. The standard InChI is InChI=1S/C13H17BrFNO2/c1-3-16(7-6-13(17)18-2)9-10-8-11(15)4-5-12(10)14/h4-5,8H,3,6-7,9H2,1-2H3. The first-order valence-electron chi connectivity index (χ1n) is 5.80. The number of hydrogen-bond donors (Lipinski definition) is 0. The van der Waals surface area contributed by atoms with E-state index in [9.17, 15) is 9.18 Å². The molecule has 1 aromatic rings. The highest BCUT2D eigenvalue weighted by molar-refractivity contribution is 9.10. The molecule has 0 unspecified atom stereocenters. The van der Waals surface area contributed by atoms with Crippen molar-refractivity contribution < 1.29 is 13.9 Å². The molecule has 1 rings (SSSR count). The minimum absolute atomic E-state index is 0.230. The molecule has 0 amide bonds. The van der Waals surface area contributed by atoms with Gasteiger partial charge in [-0.15, -0.1) is 0 Å².